The van der Waals surface area contributed by atoms with Crippen LogP contribution in [-0.2, 0) is 16.1 Å². The number of pyridine rings is 1. The van der Waals surface area contributed by atoms with Gasteiger partial charge in [-0.05, 0) is 39.2 Å². The first-order valence-electron chi connectivity index (χ1n) is 14.9. The van der Waals surface area contributed by atoms with Gasteiger partial charge in [0.25, 0.3) is 11.8 Å². The number of unbranched alkanes of at least 4 members (excludes halogenated alkanes) is 3. The molecule has 2 amide bonds. The largest absolute Gasteiger partial charge is 0.514 e. The summed E-state index contributed by atoms with van der Waals surface area (Å²) >= 11 is 0. The number of oxime groups is 1. The van der Waals surface area contributed by atoms with E-state index >= 15 is 0 Å². The molecule has 2 bridgehead atoms. The monoisotopic (exact) mass is 614 g/mol. The number of rotatable bonds is 9. The van der Waals surface area contributed by atoms with Gasteiger partial charge in [-0.2, -0.15) is 0 Å². The highest BCUT2D eigenvalue weighted by Gasteiger charge is 2.54. The molecule has 3 aliphatic rings. The maximum Gasteiger partial charge on any atom is 0.514 e. The number of carbonyl (C=O) groups excluding carboxylic acids is 3. The fraction of sp³-hybridized carbons (Fsp3) is 0.516. The van der Waals surface area contributed by atoms with Crippen LogP contribution in [0.15, 0.2) is 34.3 Å². The Morgan fingerprint density at radius 3 is 2.70 bits per heavy atom. The number of aromatic nitrogens is 1. The van der Waals surface area contributed by atoms with Gasteiger partial charge in [0.05, 0.1) is 18.4 Å². The van der Waals surface area contributed by atoms with Crippen molar-refractivity contribution in [3.63, 3.8) is 0 Å². The molecule has 1 spiro atoms. The van der Waals surface area contributed by atoms with Gasteiger partial charge in [0.2, 0.25) is 11.2 Å². The second-order valence-corrected chi connectivity index (χ2v) is 11.7. The molecule has 13 heteroatoms. The van der Waals surface area contributed by atoms with Crippen LogP contribution in [0.3, 0.4) is 0 Å². The molecule has 0 saturated carbocycles. The zero-order valence-corrected chi connectivity index (χ0v) is 25.0. The van der Waals surface area contributed by atoms with E-state index in [4.69, 9.17) is 14.3 Å². The van der Waals surface area contributed by atoms with Gasteiger partial charge < -0.3 is 29.1 Å². The smallest absolute Gasteiger partial charge is 0.434 e. The lowest BCUT2D eigenvalue weighted by atomic mass is 9.84. The van der Waals surface area contributed by atoms with E-state index in [2.05, 4.69) is 10.5 Å². The van der Waals surface area contributed by atoms with Crippen LogP contribution in [0.1, 0.15) is 98.2 Å². The minimum Gasteiger partial charge on any atom is -0.434 e. The summed E-state index contributed by atoms with van der Waals surface area (Å²) in [4.78, 5) is 61.5. The number of hydrogen-bond acceptors (Lipinski definition) is 8. The number of ether oxygens (including phenoxy) is 2. The number of benzene rings is 1. The van der Waals surface area contributed by atoms with Gasteiger partial charge in [-0.15, -0.1) is 0 Å². The van der Waals surface area contributed by atoms with Crippen LogP contribution < -0.4 is 15.5 Å². The van der Waals surface area contributed by atoms with Crippen LogP contribution in [0.25, 0.3) is 0 Å². The molecule has 0 radical (unpaired) electrons. The molecule has 0 aliphatic carbocycles. The zero-order valence-electron chi connectivity index (χ0n) is 25.0. The SMILES string of the molecule is CCCCCCOC(=O)Oc1c2n(cc(C(=O)NCc3ccc(F)cc3F)c1=O)[C@@H]1CN(C2=O)[C@@H](C)CC[C@]12CC(C)=NO2. The lowest BCUT2D eigenvalue weighted by Crippen LogP contribution is -2.52. The van der Waals surface area contributed by atoms with Crippen LogP contribution in [0.2, 0.25) is 0 Å². The average Bonchev–Trinajstić information content (AvgIpc) is 3.32. The highest BCUT2D eigenvalue weighted by atomic mass is 19.1. The molecule has 2 aromatic rings. The molecule has 5 rings (SSSR count). The summed E-state index contributed by atoms with van der Waals surface area (Å²) in [5, 5.41) is 6.66. The number of nitrogens with one attached hydrogen (secondary N) is 1. The summed E-state index contributed by atoms with van der Waals surface area (Å²) in [6, 6.07) is 2.11. The molecule has 3 aliphatic heterocycles. The fourth-order valence-corrected chi connectivity index (χ4v) is 6.10. The summed E-state index contributed by atoms with van der Waals surface area (Å²) in [5.74, 6) is -3.72. The molecule has 44 heavy (non-hydrogen) atoms. The Balaban J connectivity index is 1.55. The van der Waals surface area contributed by atoms with Crippen molar-refractivity contribution in [2.24, 2.45) is 5.16 Å². The third-order valence-electron chi connectivity index (χ3n) is 8.53. The standard InChI is InChI=1S/C31H36F2N4O7/c1-4-5-6-7-12-42-30(41)43-27-25-29(40)36-17-24(31(11-10-19(36)3)14-18(2)35-44-31)37(25)16-22(26(27)38)28(39)34-15-20-8-9-21(32)13-23(20)33/h8-9,13,16,19,24H,4-7,10-12,14-15,17H2,1-3H3,(H,34,39)/t19-,24+,31-/m0/s1. The molecule has 0 unspecified atom stereocenters. The first kappa shape index (κ1) is 31.1. The van der Waals surface area contributed by atoms with Crippen molar-refractivity contribution in [2.75, 3.05) is 13.2 Å². The fourth-order valence-electron chi connectivity index (χ4n) is 6.10. The van der Waals surface area contributed by atoms with E-state index in [1.165, 1.54) is 16.8 Å². The zero-order chi connectivity index (χ0) is 31.6. The summed E-state index contributed by atoms with van der Waals surface area (Å²) in [6.45, 7) is 5.69. The van der Waals surface area contributed by atoms with Gasteiger partial charge >= 0.3 is 6.16 Å². The molecule has 1 aromatic carbocycles. The number of carbonyl (C=O) groups is 3. The van der Waals surface area contributed by atoms with Crippen molar-refractivity contribution in [3.8, 4) is 5.75 Å². The van der Waals surface area contributed by atoms with Crippen molar-refractivity contribution in [1.29, 1.82) is 0 Å². The number of hydrogen-bond donors (Lipinski definition) is 1. The first-order chi connectivity index (χ1) is 21.0. The first-order valence-corrected chi connectivity index (χ1v) is 14.9. The Morgan fingerprint density at radius 1 is 1.20 bits per heavy atom. The van der Waals surface area contributed by atoms with Gasteiger partial charge in [-0.1, -0.05) is 37.4 Å². The number of fused-ring (bicyclic) bond motifs is 5. The van der Waals surface area contributed by atoms with E-state index in [0.29, 0.717) is 31.7 Å². The number of halogens is 2. The van der Waals surface area contributed by atoms with Gasteiger partial charge in [-0.3, -0.25) is 14.4 Å². The lowest BCUT2D eigenvalue weighted by molar-refractivity contribution is -0.0655. The molecule has 1 fully saturated rings. The summed E-state index contributed by atoms with van der Waals surface area (Å²) in [7, 11) is 0. The summed E-state index contributed by atoms with van der Waals surface area (Å²) in [6.07, 6.45) is 5.05. The molecule has 236 valence electrons. The Kier molecular flexibility index (Phi) is 9.02. The Morgan fingerprint density at radius 2 is 2.00 bits per heavy atom. The Hall–Kier alpha value is -4.29. The van der Waals surface area contributed by atoms with Crippen LogP contribution in [0, 0.1) is 11.6 Å². The highest BCUT2D eigenvalue weighted by Crippen LogP contribution is 2.46. The molecule has 4 heterocycles. The number of nitrogens with zero attached hydrogens (tertiary/aromatic N) is 3. The summed E-state index contributed by atoms with van der Waals surface area (Å²) < 4.78 is 39.7. The normalized spacial score (nSPS) is 22.2. The van der Waals surface area contributed by atoms with E-state index in [1.807, 2.05) is 20.8 Å². The molecule has 1 N–H and O–H groups in total. The van der Waals surface area contributed by atoms with Crippen molar-refractivity contribution in [3.05, 3.63) is 63.1 Å². The van der Waals surface area contributed by atoms with Gasteiger partial charge in [-0.25, -0.2) is 13.6 Å². The second-order valence-electron chi connectivity index (χ2n) is 11.7. The topological polar surface area (TPSA) is 129 Å². The van der Waals surface area contributed by atoms with Crippen molar-refractivity contribution < 1.29 is 37.5 Å². The Labute approximate surface area is 253 Å². The number of amides is 2. The molecule has 11 nitrogen and oxygen atoms in total. The van der Waals surface area contributed by atoms with Crippen LogP contribution in [0.4, 0.5) is 13.6 Å². The van der Waals surface area contributed by atoms with Gasteiger partial charge in [0.1, 0.15) is 17.2 Å². The van der Waals surface area contributed by atoms with Gasteiger partial charge in [0.15, 0.2) is 11.3 Å². The molecule has 1 saturated heterocycles. The highest BCUT2D eigenvalue weighted by molar-refractivity contribution is 6.00. The second kappa shape index (κ2) is 12.7. The van der Waals surface area contributed by atoms with E-state index in [1.54, 1.807) is 4.90 Å². The quantitative estimate of drug-likeness (QED) is 0.315. The van der Waals surface area contributed by atoms with E-state index in [9.17, 15) is 28.0 Å². The van der Waals surface area contributed by atoms with Gasteiger partial charge in [0, 0.05) is 43.4 Å². The van der Waals surface area contributed by atoms with Crippen molar-refractivity contribution in [2.45, 2.75) is 89.9 Å². The lowest BCUT2D eigenvalue weighted by Gasteiger charge is -2.42. The minimum atomic E-state index is -1.18. The maximum absolute atomic E-state index is 14.2. The van der Waals surface area contributed by atoms with Crippen LogP contribution in [-0.4, -0.2) is 57.9 Å². The third kappa shape index (κ3) is 6.04. The van der Waals surface area contributed by atoms with E-state index in [-0.39, 0.29) is 37.0 Å². The predicted molar refractivity (Wildman–Crippen MR) is 155 cm³/mol. The molecular weight excluding hydrogens is 578 g/mol. The molecule has 1 aromatic heterocycles. The predicted octanol–water partition coefficient (Wildman–Crippen LogP) is 4.87. The third-order valence-corrected chi connectivity index (χ3v) is 8.53. The Bertz CT molecular complexity index is 1560. The maximum atomic E-state index is 14.2. The van der Waals surface area contributed by atoms with Crippen LogP contribution >= 0.6 is 0 Å². The van der Waals surface area contributed by atoms with Crippen LogP contribution in [0.5, 0.6) is 5.75 Å². The molecular formula is C31H36F2N4O7. The van der Waals surface area contributed by atoms with Crippen molar-refractivity contribution in [1.82, 2.24) is 14.8 Å². The van der Waals surface area contributed by atoms with Crippen molar-refractivity contribution >= 4 is 23.7 Å². The minimum absolute atomic E-state index is 0.00422. The molecule has 3 atom stereocenters. The van der Waals surface area contributed by atoms with E-state index in [0.717, 1.165) is 31.0 Å². The summed E-state index contributed by atoms with van der Waals surface area (Å²) in [5.41, 5.74) is -1.77. The average molecular weight is 615 g/mol. The van der Waals surface area contributed by atoms with E-state index < -0.39 is 58.0 Å².